The SMILES string of the molecule is O=S(=O)(Nc1ccccc1)C(c1ccccc1)S(=O)(=O)Nc1ccccc1. The molecule has 0 unspecified atom stereocenters. The molecule has 0 saturated carbocycles. The lowest BCUT2D eigenvalue weighted by Gasteiger charge is -2.20. The molecule has 8 heteroatoms. The van der Waals surface area contributed by atoms with Gasteiger partial charge in [0.25, 0.3) is 20.0 Å². The first-order valence-electron chi connectivity index (χ1n) is 8.07. The number of para-hydroxylation sites is 2. The maximum absolute atomic E-state index is 13.0. The number of rotatable bonds is 7. The third-order valence-electron chi connectivity index (χ3n) is 3.70. The van der Waals surface area contributed by atoms with Gasteiger partial charge in [0.15, 0.2) is 0 Å². The van der Waals surface area contributed by atoms with Crippen LogP contribution in [-0.4, -0.2) is 16.8 Å². The summed E-state index contributed by atoms with van der Waals surface area (Å²) in [6.45, 7) is 0. The summed E-state index contributed by atoms with van der Waals surface area (Å²) in [5.41, 5.74) is 0.714. The van der Waals surface area contributed by atoms with E-state index in [2.05, 4.69) is 9.44 Å². The molecule has 0 saturated heterocycles. The van der Waals surface area contributed by atoms with Gasteiger partial charge >= 0.3 is 0 Å². The molecule has 0 aliphatic heterocycles. The fourth-order valence-corrected chi connectivity index (χ4v) is 6.38. The van der Waals surface area contributed by atoms with E-state index in [1.165, 1.54) is 12.1 Å². The molecule has 0 heterocycles. The molecular formula is C19H18N2O4S2. The average Bonchev–Trinajstić information content (AvgIpc) is 2.63. The van der Waals surface area contributed by atoms with Crippen molar-refractivity contribution in [2.45, 2.75) is 4.58 Å². The molecule has 6 nitrogen and oxygen atoms in total. The third-order valence-corrected chi connectivity index (χ3v) is 7.94. The summed E-state index contributed by atoms with van der Waals surface area (Å²) in [6, 6.07) is 24.1. The predicted octanol–water partition coefficient (Wildman–Crippen LogP) is 3.57. The van der Waals surface area contributed by atoms with Crippen LogP contribution in [0.2, 0.25) is 0 Å². The van der Waals surface area contributed by atoms with E-state index < -0.39 is 24.6 Å². The molecule has 0 radical (unpaired) electrons. The molecule has 3 aromatic carbocycles. The van der Waals surface area contributed by atoms with E-state index in [1.807, 2.05) is 0 Å². The Labute approximate surface area is 159 Å². The molecule has 0 bridgehead atoms. The number of hydrogen-bond acceptors (Lipinski definition) is 4. The second-order valence-corrected chi connectivity index (χ2v) is 9.60. The Morgan fingerprint density at radius 1 is 0.519 bits per heavy atom. The quantitative estimate of drug-likeness (QED) is 0.632. The minimum absolute atomic E-state index is 0.143. The highest BCUT2D eigenvalue weighted by atomic mass is 32.3. The van der Waals surface area contributed by atoms with Gasteiger partial charge in [0, 0.05) is 11.4 Å². The number of nitrogens with one attached hydrogen (secondary N) is 2. The molecule has 3 aromatic rings. The Bertz CT molecular complexity index is 1010. The van der Waals surface area contributed by atoms with E-state index in [4.69, 9.17) is 0 Å². The van der Waals surface area contributed by atoms with Crippen LogP contribution in [0.1, 0.15) is 10.1 Å². The molecule has 2 N–H and O–H groups in total. The van der Waals surface area contributed by atoms with Gasteiger partial charge in [-0.2, -0.15) is 0 Å². The van der Waals surface area contributed by atoms with Crippen LogP contribution in [0.4, 0.5) is 11.4 Å². The lowest BCUT2D eigenvalue weighted by Crippen LogP contribution is -2.31. The summed E-state index contributed by atoms with van der Waals surface area (Å²) < 4.78 is 54.9. The third kappa shape index (κ3) is 4.66. The zero-order chi connectivity index (χ0) is 19.3. The monoisotopic (exact) mass is 402 g/mol. The largest absolute Gasteiger partial charge is 0.282 e. The molecule has 0 spiro atoms. The summed E-state index contributed by atoms with van der Waals surface area (Å²) >= 11 is 0. The predicted molar refractivity (Wildman–Crippen MR) is 107 cm³/mol. The van der Waals surface area contributed by atoms with Crippen molar-refractivity contribution in [1.29, 1.82) is 0 Å². The molecule has 27 heavy (non-hydrogen) atoms. The first kappa shape index (κ1) is 18.9. The Hall–Kier alpha value is -2.84. The van der Waals surface area contributed by atoms with Gasteiger partial charge in [-0.3, -0.25) is 9.44 Å². The van der Waals surface area contributed by atoms with Crippen LogP contribution < -0.4 is 9.44 Å². The topological polar surface area (TPSA) is 92.3 Å². The first-order valence-corrected chi connectivity index (χ1v) is 11.2. The second kappa shape index (κ2) is 7.81. The minimum Gasteiger partial charge on any atom is -0.282 e. The maximum atomic E-state index is 13.0. The van der Waals surface area contributed by atoms with E-state index >= 15 is 0 Å². The van der Waals surface area contributed by atoms with Crippen molar-refractivity contribution < 1.29 is 16.8 Å². The van der Waals surface area contributed by atoms with Gasteiger partial charge in [-0.1, -0.05) is 66.7 Å². The number of hydrogen-bond donors (Lipinski definition) is 2. The van der Waals surface area contributed by atoms with Gasteiger partial charge in [0.05, 0.1) is 0 Å². The van der Waals surface area contributed by atoms with Crippen molar-refractivity contribution in [2.24, 2.45) is 0 Å². The molecule has 140 valence electrons. The molecule has 3 rings (SSSR count). The van der Waals surface area contributed by atoms with Gasteiger partial charge in [0.1, 0.15) is 0 Å². The van der Waals surface area contributed by atoms with E-state index in [1.54, 1.807) is 78.9 Å². The highest BCUT2D eigenvalue weighted by Crippen LogP contribution is 2.31. The molecule has 0 aliphatic carbocycles. The Morgan fingerprint density at radius 3 is 1.22 bits per heavy atom. The summed E-state index contributed by atoms with van der Waals surface area (Å²) in [7, 11) is -8.61. The Kier molecular flexibility index (Phi) is 5.48. The molecular weight excluding hydrogens is 384 g/mol. The van der Waals surface area contributed by atoms with E-state index in [0.29, 0.717) is 0 Å². The van der Waals surface area contributed by atoms with Crippen LogP contribution in [0.25, 0.3) is 0 Å². The highest BCUT2D eigenvalue weighted by molar-refractivity contribution is 8.09. The average molecular weight is 402 g/mol. The first-order chi connectivity index (χ1) is 12.9. The van der Waals surface area contributed by atoms with Gasteiger partial charge in [-0.15, -0.1) is 0 Å². The molecule has 0 atom stereocenters. The van der Waals surface area contributed by atoms with E-state index in [9.17, 15) is 16.8 Å². The number of sulfonamides is 2. The van der Waals surface area contributed by atoms with Crippen molar-refractivity contribution in [3.63, 3.8) is 0 Å². The molecule has 0 aromatic heterocycles. The van der Waals surface area contributed by atoms with Crippen molar-refractivity contribution >= 4 is 31.4 Å². The van der Waals surface area contributed by atoms with Crippen molar-refractivity contribution in [1.82, 2.24) is 0 Å². The molecule has 0 amide bonds. The highest BCUT2D eigenvalue weighted by Gasteiger charge is 2.39. The maximum Gasteiger partial charge on any atom is 0.256 e. The van der Waals surface area contributed by atoms with E-state index in [0.717, 1.165) is 0 Å². The summed E-state index contributed by atoms with van der Waals surface area (Å²) in [4.78, 5) is 0. The van der Waals surface area contributed by atoms with Crippen LogP contribution in [0.3, 0.4) is 0 Å². The van der Waals surface area contributed by atoms with E-state index in [-0.39, 0.29) is 16.9 Å². The van der Waals surface area contributed by atoms with Crippen molar-refractivity contribution in [3.8, 4) is 0 Å². The minimum atomic E-state index is -4.31. The lowest BCUT2D eigenvalue weighted by molar-refractivity contribution is 0.582. The van der Waals surface area contributed by atoms with Crippen LogP contribution in [0, 0.1) is 0 Å². The zero-order valence-corrected chi connectivity index (χ0v) is 15.8. The Morgan fingerprint density at radius 2 is 0.852 bits per heavy atom. The molecule has 0 fully saturated rings. The van der Waals surface area contributed by atoms with Gasteiger partial charge in [-0.05, 0) is 29.8 Å². The number of benzene rings is 3. The molecule has 0 aliphatic rings. The van der Waals surface area contributed by atoms with Gasteiger partial charge in [-0.25, -0.2) is 16.8 Å². The zero-order valence-electron chi connectivity index (χ0n) is 14.2. The lowest BCUT2D eigenvalue weighted by atomic mass is 10.2. The van der Waals surface area contributed by atoms with Crippen molar-refractivity contribution in [2.75, 3.05) is 9.44 Å². The summed E-state index contributed by atoms with van der Waals surface area (Å²) in [5.74, 6) is 0. The van der Waals surface area contributed by atoms with Gasteiger partial charge < -0.3 is 0 Å². The Balaban J connectivity index is 2.04. The standard InChI is InChI=1S/C19H18N2O4S2/c22-26(23,20-17-12-6-2-7-13-17)19(16-10-4-1-5-11-16)27(24,25)21-18-14-8-3-9-15-18/h1-15,19-21H. The normalized spacial score (nSPS) is 11.9. The van der Waals surface area contributed by atoms with Crippen LogP contribution in [0.15, 0.2) is 91.0 Å². The van der Waals surface area contributed by atoms with Crippen LogP contribution >= 0.6 is 0 Å². The fourth-order valence-electron chi connectivity index (χ4n) is 2.58. The van der Waals surface area contributed by atoms with Gasteiger partial charge in [0.2, 0.25) is 4.58 Å². The number of anilines is 2. The van der Waals surface area contributed by atoms with Crippen molar-refractivity contribution in [3.05, 3.63) is 96.6 Å². The second-order valence-electron chi connectivity index (χ2n) is 5.77. The van der Waals surface area contributed by atoms with Crippen LogP contribution in [0.5, 0.6) is 0 Å². The summed E-state index contributed by atoms with van der Waals surface area (Å²) in [5, 5.41) is 0. The van der Waals surface area contributed by atoms with Crippen LogP contribution in [-0.2, 0) is 20.0 Å². The summed E-state index contributed by atoms with van der Waals surface area (Å²) in [6.07, 6.45) is 0. The smallest absolute Gasteiger partial charge is 0.256 e. The fraction of sp³-hybridized carbons (Fsp3) is 0.0526.